The van der Waals surface area contributed by atoms with Gasteiger partial charge in [0.1, 0.15) is 5.75 Å². The number of ether oxygens (including phenoxy) is 2. The van der Waals surface area contributed by atoms with E-state index in [1.807, 2.05) is 23.9 Å². The number of aromatic nitrogens is 4. The molecule has 0 amide bonds. The molecule has 4 heterocycles. The first-order chi connectivity index (χ1) is 24.5. The average molecular weight is 680 g/mol. The molecule has 11 heteroatoms. The molecule has 3 fully saturated rings. The van der Waals surface area contributed by atoms with Gasteiger partial charge in [-0.05, 0) is 64.1 Å². The number of nitrogens with one attached hydrogen (secondary N) is 2. The van der Waals surface area contributed by atoms with Crippen LogP contribution in [0, 0.1) is 6.92 Å². The summed E-state index contributed by atoms with van der Waals surface area (Å²) in [7, 11) is 5.77. The summed E-state index contributed by atoms with van der Waals surface area (Å²) >= 11 is 0. The molecule has 2 aromatic heterocycles. The van der Waals surface area contributed by atoms with Crippen LogP contribution in [0.4, 0.5) is 17.3 Å². The molecule has 4 aromatic rings. The molecule has 2 aromatic carbocycles. The van der Waals surface area contributed by atoms with E-state index in [-0.39, 0.29) is 0 Å². The number of anilines is 3. The highest BCUT2D eigenvalue weighted by atomic mass is 16.5. The van der Waals surface area contributed by atoms with Crippen LogP contribution in [0.5, 0.6) is 5.75 Å². The first-order valence-electron chi connectivity index (χ1n) is 18.3. The van der Waals surface area contributed by atoms with E-state index in [1.165, 1.54) is 50.3 Å². The SMILES string of the molecule is COc1cc(N2CCC(N3CCN(C)CC3)CC2)c(C)cc1Nc1nccc(-n2cc(CNC3CCC(OC)CC3)c(-c3ccccc3)n2)n1. The Kier molecular flexibility index (Phi) is 10.9. The Morgan fingerprint density at radius 2 is 1.64 bits per heavy atom. The smallest absolute Gasteiger partial charge is 0.229 e. The van der Waals surface area contributed by atoms with Crippen LogP contribution in [0.25, 0.3) is 17.1 Å². The minimum absolute atomic E-state index is 0.383. The third-order valence-corrected chi connectivity index (χ3v) is 10.9. The zero-order valence-electron chi connectivity index (χ0n) is 30.1. The summed E-state index contributed by atoms with van der Waals surface area (Å²) < 4.78 is 13.4. The van der Waals surface area contributed by atoms with Crippen molar-refractivity contribution in [2.75, 3.05) is 70.8 Å². The van der Waals surface area contributed by atoms with Crippen LogP contribution in [0.1, 0.15) is 49.7 Å². The van der Waals surface area contributed by atoms with Crippen molar-refractivity contribution in [1.82, 2.24) is 34.9 Å². The fourth-order valence-corrected chi connectivity index (χ4v) is 7.85. The molecule has 0 spiro atoms. The molecule has 11 nitrogen and oxygen atoms in total. The van der Waals surface area contributed by atoms with Gasteiger partial charge in [0.15, 0.2) is 5.82 Å². The van der Waals surface area contributed by atoms with Gasteiger partial charge in [-0.15, -0.1) is 0 Å². The Morgan fingerprint density at radius 1 is 0.880 bits per heavy atom. The van der Waals surface area contributed by atoms with Crippen LogP contribution in [0.2, 0.25) is 0 Å². The molecule has 2 saturated heterocycles. The maximum atomic E-state index is 5.91. The second-order valence-corrected chi connectivity index (χ2v) is 14.2. The van der Waals surface area contributed by atoms with Gasteiger partial charge in [0.05, 0.1) is 24.6 Å². The van der Waals surface area contributed by atoms with Gasteiger partial charge in [0, 0.05) is 106 Å². The summed E-state index contributed by atoms with van der Waals surface area (Å²) in [6.07, 6.45) is 11.1. The Hall–Kier alpha value is -4.03. The number of rotatable bonds is 11. The van der Waals surface area contributed by atoms with Crippen LogP contribution in [0.3, 0.4) is 0 Å². The van der Waals surface area contributed by atoms with Gasteiger partial charge < -0.3 is 29.9 Å². The highest BCUT2D eigenvalue weighted by Gasteiger charge is 2.28. The molecule has 2 aliphatic heterocycles. The highest BCUT2D eigenvalue weighted by molar-refractivity contribution is 5.71. The van der Waals surface area contributed by atoms with Crippen molar-refractivity contribution in [3.05, 3.63) is 72.1 Å². The molecular weight excluding hydrogens is 626 g/mol. The Labute approximate surface area is 297 Å². The van der Waals surface area contributed by atoms with Crippen LogP contribution in [-0.2, 0) is 11.3 Å². The molecule has 1 saturated carbocycles. The van der Waals surface area contributed by atoms with Crippen molar-refractivity contribution < 1.29 is 9.47 Å². The van der Waals surface area contributed by atoms with Gasteiger partial charge in [-0.25, -0.2) is 9.67 Å². The molecule has 0 radical (unpaired) electrons. The third-order valence-electron chi connectivity index (χ3n) is 10.9. The molecule has 0 atom stereocenters. The molecule has 50 heavy (non-hydrogen) atoms. The van der Waals surface area contributed by atoms with Gasteiger partial charge >= 0.3 is 0 Å². The van der Waals surface area contributed by atoms with Crippen LogP contribution in [0.15, 0.2) is 60.9 Å². The maximum absolute atomic E-state index is 5.91. The van der Waals surface area contributed by atoms with Gasteiger partial charge in [0.25, 0.3) is 0 Å². The predicted molar refractivity (Wildman–Crippen MR) is 200 cm³/mol. The van der Waals surface area contributed by atoms with Crippen molar-refractivity contribution in [2.24, 2.45) is 0 Å². The summed E-state index contributed by atoms with van der Waals surface area (Å²) in [4.78, 5) is 17.1. The minimum Gasteiger partial charge on any atom is -0.494 e. The second-order valence-electron chi connectivity index (χ2n) is 14.2. The second kappa shape index (κ2) is 15.9. The lowest BCUT2D eigenvalue weighted by Gasteiger charge is -2.43. The third kappa shape index (κ3) is 7.96. The van der Waals surface area contributed by atoms with E-state index in [4.69, 9.17) is 19.6 Å². The molecule has 7 rings (SSSR count). The Bertz CT molecular complexity index is 1690. The molecule has 3 aliphatic rings. The van der Waals surface area contributed by atoms with E-state index in [0.29, 0.717) is 30.0 Å². The molecule has 1 aliphatic carbocycles. The topological polar surface area (TPSA) is 95.8 Å². The number of nitrogens with zero attached hydrogens (tertiary/aromatic N) is 7. The number of likely N-dealkylation sites (N-methyl/N-ethyl adjacent to an activating group) is 1. The largest absolute Gasteiger partial charge is 0.494 e. The van der Waals surface area contributed by atoms with E-state index in [0.717, 1.165) is 73.6 Å². The average Bonchev–Trinajstić information content (AvgIpc) is 3.60. The first kappa shape index (κ1) is 34.4. The number of piperidine rings is 1. The summed E-state index contributed by atoms with van der Waals surface area (Å²) in [6.45, 7) is 9.73. The maximum Gasteiger partial charge on any atom is 0.229 e. The monoisotopic (exact) mass is 679 g/mol. The zero-order valence-corrected chi connectivity index (χ0v) is 30.1. The summed E-state index contributed by atoms with van der Waals surface area (Å²) in [6, 6.07) is 17.7. The summed E-state index contributed by atoms with van der Waals surface area (Å²) in [5.41, 5.74) is 6.46. The molecule has 2 N–H and O–H groups in total. The zero-order chi connectivity index (χ0) is 34.5. The molecule has 266 valence electrons. The standard InChI is InChI=1S/C39H53N9O2/c1-28-24-34(36(50-4)25-35(28)47-18-15-32(16-19-47)46-22-20-45(2)21-23-46)42-39-40-17-14-37(43-39)48-27-30(38(44-48)29-8-6-5-7-9-29)26-41-31-10-12-33(49-3)13-11-31/h5-9,14,17,24-25,27,31-33,41H,10-13,15-16,18-23,26H2,1-4H3,(H,40,42,43). The van der Waals surface area contributed by atoms with E-state index in [1.54, 1.807) is 13.3 Å². The van der Waals surface area contributed by atoms with E-state index < -0.39 is 0 Å². The molecular formula is C39H53N9O2. The predicted octanol–water partition coefficient (Wildman–Crippen LogP) is 5.65. The van der Waals surface area contributed by atoms with Crippen molar-refractivity contribution in [1.29, 1.82) is 0 Å². The highest BCUT2D eigenvalue weighted by Crippen LogP contribution is 2.36. The van der Waals surface area contributed by atoms with Gasteiger partial charge in [-0.1, -0.05) is 30.3 Å². The van der Waals surface area contributed by atoms with Crippen LogP contribution >= 0.6 is 0 Å². The van der Waals surface area contributed by atoms with Gasteiger partial charge in [-0.2, -0.15) is 10.1 Å². The molecule has 0 unspecified atom stereocenters. The number of piperazine rings is 1. The van der Waals surface area contributed by atoms with E-state index in [2.05, 4.69) is 86.9 Å². The fourth-order valence-electron chi connectivity index (χ4n) is 7.85. The normalized spacial score (nSPS) is 21.0. The number of methoxy groups -OCH3 is 2. The summed E-state index contributed by atoms with van der Waals surface area (Å²) in [5.74, 6) is 1.97. The fraction of sp³-hybridized carbons (Fsp3) is 0.513. The van der Waals surface area contributed by atoms with Gasteiger partial charge in [-0.3, -0.25) is 4.90 Å². The number of benzene rings is 2. The van der Waals surface area contributed by atoms with Crippen molar-refractivity contribution in [2.45, 2.75) is 70.2 Å². The van der Waals surface area contributed by atoms with Crippen molar-refractivity contribution in [3.63, 3.8) is 0 Å². The molecule has 0 bridgehead atoms. The van der Waals surface area contributed by atoms with Crippen molar-refractivity contribution >= 4 is 17.3 Å². The van der Waals surface area contributed by atoms with Gasteiger partial charge in [0.2, 0.25) is 5.95 Å². The first-order valence-corrected chi connectivity index (χ1v) is 18.3. The summed E-state index contributed by atoms with van der Waals surface area (Å²) in [5, 5.41) is 12.3. The van der Waals surface area contributed by atoms with E-state index >= 15 is 0 Å². The van der Waals surface area contributed by atoms with E-state index in [9.17, 15) is 0 Å². The lowest BCUT2D eigenvalue weighted by atomic mass is 9.93. The Balaban J connectivity index is 1.05. The quantitative estimate of drug-likeness (QED) is 0.207. The lowest BCUT2D eigenvalue weighted by Crippen LogP contribution is -2.52. The lowest BCUT2D eigenvalue weighted by molar-refractivity contribution is 0.0624. The number of hydrogen-bond acceptors (Lipinski definition) is 10. The number of aryl methyl sites for hydroxylation is 1. The minimum atomic E-state index is 0.383. The van der Waals surface area contributed by atoms with Crippen LogP contribution in [-0.4, -0.2) is 108 Å². The van der Waals surface area contributed by atoms with Crippen molar-refractivity contribution in [3.8, 4) is 22.8 Å². The Morgan fingerprint density at radius 3 is 2.36 bits per heavy atom. The van der Waals surface area contributed by atoms with Crippen LogP contribution < -0.4 is 20.3 Å². The number of hydrogen-bond donors (Lipinski definition) is 2.